The van der Waals surface area contributed by atoms with Gasteiger partial charge in [-0.3, -0.25) is 9.11 Å². The second kappa shape index (κ2) is 9.22. The van der Waals surface area contributed by atoms with Crippen LogP contribution in [0.4, 0.5) is 23.3 Å². The molecule has 4 N–H and O–H groups in total. The number of aromatic nitrogens is 3. The zero-order valence-corrected chi connectivity index (χ0v) is 18.8. The summed E-state index contributed by atoms with van der Waals surface area (Å²) in [4.78, 5) is 10.3. The van der Waals surface area contributed by atoms with Crippen molar-refractivity contribution in [2.75, 3.05) is 10.6 Å². The molecule has 152 valence electrons. The van der Waals surface area contributed by atoms with Crippen molar-refractivity contribution in [3.8, 4) is 6.01 Å². The molecule has 0 aliphatic carbocycles. The van der Waals surface area contributed by atoms with Crippen LogP contribution in [0.3, 0.4) is 0 Å². The molecule has 0 saturated heterocycles. The Kier molecular flexibility index (Phi) is 7.36. The summed E-state index contributed by atoms with van der Waals surface area (Å²) in [6.07, 6.45) is 0. The number of anilines is 4. The van der Waals surface area contributed by atoms with Gasteiger partial charge in [0.15, 0.2) is 0 Å². The second-order valence-corrected chi connectivity index (χ2v) is 8.36. The molecular formula is C15H12N5NaO7S2. The predicted octanol–water partition coefficient (Wildman–Crippen LogP) is -2.07. The SMILES string of the molecule is O=S(=O)(O)c1cccc(Nc2nc([O-])nc(Nc3cccc(S(=O)(=O)O)c3)n2)c1.[Na+]. The third kappa shape index (κ3) is 6.33. The van der Waals surface area contributed by atoms with E-state index in [1.807, 2.05) is 0 Å². The van der Waals surface area contributed by atoms with Crippen LogP contribution in [-0.2, 0) is 20.2 Å². The topological polar surface area (TPSA) is 195 Å². The Morgan fingerprint density at radius 1 is 0.733 bits per heavy atom. The fraction of sp³-hybridized carbons (Fsp3) is 0. The quantitative estimate of drug-likeness (QED) is 0.232. The van der Waals surface area contributed by atoms with Crippen molar-refractivity contribution < 1.29 is 60.6 Å². The second-order valence-electron chi connectivity index (χ2n) is 5.52. The molecule has 0 unspecified atom stereocenters. The Bertz CT molecular complexity index is 1190. The van der Waals surface area contributed by atoms with Gasteiger partial charge in [0.1, 0.15) is 0 Å². The molecule has 0 aliphatic heterocycles. The molecule has 0 atom stereocenters. The maximum absolute atomic E-state index is 11.7. The summed E-state index contributed by atoms with van der Waals surface area (Å²) in [5.74, 6) is -0.461. The van der Waals surface area contributed by atoms with Gasteiger partial charge in [0.05, 0.1) is 15.8 Å². The Morgan fingerprint density at radius 3 is 1.50 bits per heavy atom. The summed E-state index contributed by atoms with van der Waals surface area (Å²) < 4.78 is 63.0. The summed E-state index contributed by atoms with van der Waals surface area (Å²) in [5, 5.41) is 16.9. The van der Waals surface area contributed by atoms with Crippen molar-refractivity contribution in [2.24, 2.45) is 0 Å². The van der Waals surface area contributed by atoms with Crippen LogP contribution in [0.25, 0.3) is 0 Å². The maximum atomic E-state index is 11.7. The van der Waals surface area contributed by atoms with Gasteiger partial charge in [0, 0.05) is 11.4 Å². The largest absolute Gasteiger partial charge is 1.00 e. The molecule has 3 rings (SSSR count). The Hall–Kier alpha value is -2.33. The molecule has 0 spiro atoms. The average molecular weight is 461 g/mol. The number of hydrogen-bond donors (Lipinski definition) is 4. The van der Waals surface area contributed by atoms with Crippen molar-refractivity contribution in [3.63, 3.8) is 0 Å². The normalized spacial score (nSPS) is 11.4. The van der Waals surface area contributed by atoms with Crippen LogP contribution in [-0.4, -0.2) is 40.9 Å². The first kappa shape index (κ1) is 23.9. The first-order valence-electron chi connectivity index (χ1n) is 7.63. The smallest absolute Gasteiger partial charge is 0.844 e. The number of hydrogen-bond acceptors (Lipinski definition) is 10. The minimum Gasteiger partial charge on any atom is -0.844 e. The summed E-state index contributed by atoms with van der Waals surface area (Å²) in [7, 11) is -8.86. The monoisotopic (exact) mass is 461 g/mol. The van der Waals surface area contributed by atoms with Crippen molar-refractivity contribution in [1.82, 2.24) is 15.0 Å². The van der Waals surface area contributed by atoms with Crippen molar-refractivity contribution in [3.05, 3.63) is 48.5 Å². The Labute approximate surface area is 193 Å². The van der Waals surface area contributed by atoms with Gasteiger partial charge in [0.2, 0.25) is 11.9 Å². The molecule has 3 aromatic rings. The summed E-state index contributed by atoms with van der Waals surface area (Å²) in [6, 6.07) is 9.22. The van der Waals surface area contributed by atoms with E-state index in [1.54, 1.807) is 0 Å². The molecule has 0 aliphatic rings. The zero-order valence-electron chi connectivity index (χ0n) is 15.2. The first-order valence-corrected chi connectivity index (χ1v) is 10.5. The van der Waals surface area contributed by atoms with Crippen molar-refractivity contribution in [1.29, 1.82) is 0 Å². The summed E-state index contributed by atoms with van der Waals surface area (Å²) in [5.41, 5.74) is 0.343. The van der Waals surface area contributed by atoms with E-state index >= 15 is 0 Å². The predicted molar refractivity (Wildman–Crippen MR) is 98.4 cm³/mol. The summed E-state index contributed by atoms with van der Waals surface area (Å²) in [6.45, 7) is 0. The van der Waals surface area contributed by atoms with Crippen LogP contribution in [0.15, 0.2) is 58.3 Å². The van der Waals surface area contributed by atoms with Gasteiger partial charge in [-0.25, -0.2) is 9.97 Å². The van der Waals surface area contributed by atoms with Crippen LogP contribution < -0.4 is 45.3 Å². The maximum Gasteiger partial charge on any atom is 1.00 e. The number of benzene rings is 2. The van der Waals surface area contributed by atoms with Gasteiger partial charge in [-0.15, -0.1) is 0 Å². The van der Waals surface area contributed by atoms with Crippen molar-refractivity contribution >= 4 is 43.5 Å². The molecule has 1 heterocycles. The van der Waals surface area contributed by atoms with E-state index in [9.17, 15) is 21.9 Å². The average Bonchev–Trinajstić information content (AvgIpc) is 2.60. The molecular weight excluding hydrogens is 449 g/mol. The molecule has 0 bridgehead atoms. The fourth-order valence-electron chi connectivity index (χ4n) is 2.20. The van der Waals surface area contributed by atoms with Crippen molar-refractivity contribution in [2.45, 2.75) is 9.79 Å². The molecule has 2 aromatic carbocycles. The molecule has 12 nitrogen and oxygen atoms in total. The molecule has 0 radical (unpaired) electrons. The molecule has 30 heavy (non-hydrogen) atoms. The van der Waals surface area contributed by atoms with Gasteiger partial charge >= 0.3 is 29.6 Å². The number of rotatable bonds is 6. The zero-order chi connectivity index (χ0) is 21.2. The van der Waals surface area contributed by atoms with Gasteiger partial charge in [-0.1, -0.05) is 12.1 Å². The Morgan fingerprint density at radius 2 is 1.13 bits per heavy atom. The molecule has 0 fully saturated rings. The van der Waals surface area contributed by atoms with E-state index in [0.29, 0.717) is 0 Å². The van der Waals surface area contributed by atoms with Crippen LogP contribution in [0.2, 0.25) is 0 Å². The van der Waals surface area contributed by atoms with E-state index < -0.39 is 26.2 Å². The Balaban J connectivity index is 0.00000320. The van der Waals surface area contributed by atoms with E-state index in [1.165, 1.54) is 36.4 Å². The van der Waals surface area contributed by atoms with E-state index in [4.69, 9.17) is 9.11 Å². The van der Waals surface area contributed by atoms with Crippen LogP contribution in [0.5, 0.6) is 6.01 Å². The third-order valence-corrected chi connectivity index (χ3v) is 5.09. The fourth-order valence-corrected chi connectivity index (χ4v) is 3.25. The van der Waals surface area contributed by atoms with Gasteiger partial charge in [0.25, 0.3) is 20.2 Å². The third-order valence-electron chi connectivity index (χ3n) is 3.39. The number of nitrogens with one attached hydrogen (secondary N) is 2. The van der Waals surface area contributed by atoms with Gasteiger partial charge in [-0.05, 0) is 36.4 Å². The molecule has 0 amide bonds. The standard InChI is InChI=1S/C15H13N5O7S2.Na/c21-15-19-13(16-9-3-1-5-11(7-9)28(22,23)24)18-14(20-15)17-10-4-2-6-12(8-10)29(25,26)27;/h1-8H,(H,22,23,24)(H,25,26,27)(H3,16,17,18,19,20,21);/q;+1/p-1. The molecule has 1 aromatic heterocycles. The molecule has 15 heteroatoms. The minimum atomic E-state index is -4.43. The van der Waals surface area contributed by atoms with Crippen LogP contribution in [0.1, 0.15) is 0 Å². The van der Waals surface area contributed by atoms with Gasteiger partial charge in [-0.2, -0.15) is 21.8 Å². The van der Waals surface area contributed by atoms with Gasteiger partial charge < -0.3 is 15.7 Å². The van der Waals surface area contributed by atoms with E-state index in [2.05, 4.69) is 25.6 Å². The first-order chi connectivity index (χ1) is 13.5. The van der Waals surface area contributed by atoms with Crippen LogP contribution in [0, 0.1) is 0 Å². The molecule has 0 saturated carbocycles. The summed E-state index contributed by atoms with van der Waals surface area (Å²) >= 11 is 0. The van der Waals surface area contributed by atoms with E-state index in [0.717, 1.165) is 12.1 Å². The van der Waals surface area contributed by atoms with E-state index in [-0.39, 0.29) is 62.6 Å². The number of nitrogens with zero attached hydrogens (tertiary/aromatic N) is 3. The minimum absolute atomic E-state index is 0. The van der Waals surface area contributed by atoms with Crippen LogP contribution >= 0.6 is 0 Å².